The van der Waals surface area contributed by atoms with E-state index in [4.69, 9.17) is 16.9 Å². The normalized spacial score (nSPS) is 15.5. The van der Waals surface area contributed by atoms with Crippen LogP contribution in [0.25, 0.3) is 0 Å². The molecule has 9 nitrogen and oxygen atoms in total. The van der Waals surface area contributed by atoms with E-state index in [1.54, 1.807) is 31.4 Å². The predicted molar refractivity (Wildman–Crippen MR) is 100 cm³/mol. The molecule has 0 bridgehead atoms. The Kier molecular flexibility index (Phi) is 6.26. The van der Waals surface area contributed by atoms with Crippen molar-refractivity contribution >= 4 is 29.7 Å². The van der Waals surface area contributed by atoms with Crippen molar-refractivity contribution in [3.63, 3.8) is 0 Å². The number of carbonyl (C=O) groups is 2. The maximum Gasteiger partial charge on any atom is 0.252 e. The van der Waals surface area contributed by atoms with Gasteiger partial charge in [-0.1, -0.05) is 13.0 Å². The fourth-order valence-corrected chi connectivity index (χ4v) is 2.28. The number of hydrogen-bond acceptors (Lipinski definition) is 7. The van der Waals surface area contributed by atoms with Crippen LogP contribution in [-0.2, 0) is 4.79 Å². The number of rotatable bonds is 8. The van der Waals surface area contributed by atoms with E-state index in [1.807, 2.05) is 0 Å². The largest absolute Gasteiger partial charge is 0.368 e. The van der Waals surface area contributed by atoms with Crippen molar-refractivity contribution in [1.29, 1.82) is 5.41 Å². The van der Waals surface area contributed by atoms with Gasteiger partial charge in [0, 0.05) is 12.4 Å². The third-order valence-corrected chi connectivity index (χ3v) is 3.70. The molecule has 1 aromatic heterocycles. The number of carbonyl (C=O) groups excluding carboxylic acids is 2. The van der Waals surface area contributed by atoms with Crippen LogP contribution in [0.1, 0.15) is 23.7 Å². The molecule has 0 fully saturated rings. The summed E-state index contributed by atoms with van der Waals surface area (Å²) in [7, 11) is 0. The van der Waals surface area contributed by atoms with Crippen molar-refractivity contribution in [2.75, 3.05) is 10.6 Å². The van der Waals surface area contributed by atoms with E-state index in [-0.39, 0.29) is 22.9 Å². The van der Waals surface area contributed by atoms with Gasteiger partial charge in [-0.2, -0.15) is 0 Å². The number of pyridine rings is 1. The number of aromatic nitrogens is 1. The predicted octanol–water partition coefficient (Wildman–Crippen LogP) is 0.942. The smallest absolute Gasteiger partial charge is 0.252 e. The lowest BCUT2D eigenvalue weighted by atomic mass is 10.2. The summed E-state index contributed by atoms with van der Waals surface area (Å²) in [4.78, 5) is 27.1. The lowest BCUT2D eigenvalue weighted by Crippen LogP contribution is -2.35. The van der Waals surface area contributed by atoms with Gasteiger partial charge in [0.1, 0.15) is 11.9 Å². The highest BCUT2D eigenvalue weighted by atomic mass is 19.1. The minimum Gasteiger partial charge on any atom is -0.368 e. The highest BCUT2D eigenvalue weighted by Gasteiger charge is 2.20. The molecule has 1 atom stereocenters. The molecule has 1 aromatic rings. The lowest BCUT2D eigenvalue weighted by molar-refractivity contribution is -0.118. The molecule has 10 heteroatoms. The molecule has 0 radical (unpaired) electrons. The maximum absolute atomic E-state index is 14.3. The second-order valence-electron chi connectivity index (χ2n) is 5.55. The summed E-state index contributed by atoms with van der Waals surface area (Å²) in [5.74, 6) is -2.77. The summed E-state index contributed by atoms with van der Waals surface area (Å²) in [5, 5.41) is 15.9. The van der Waals surface area contributed by atoms with Crippen molar-refractivity contribution < 1.29 is 14.0 Å². The first-order chi connectivity index (χ1) is 12.9. The number of anilines is 2. The Balaban J connectivity index is 2.46. The van der Waals surface area contributed by atoms with Crippen LogP contribution in [0.4, 0.5) is 16.0 Å². The Bertz CT molecular complexity index is 861. The van der Waals surface area contributed by atoms with Gasteiger partial charge in [-0.3, -0.25) is 9.59 Å². The van der Waals surface area contributed by atoms with Gasteiger partial charge in [-0.05, 0) is 24.6 Å². The second kappa shape index (κ2) is 8.61. The topological polar surface area (TPSA) is 159 Å². The molecule has 0 aliphatic carbocycles. The molecule has 1 aliphatic heterocycles. The average molecular weight is 373 g/mol. The van der Waals surface area contributed by atoms with Gasteiger partial charge >= 0.3 is 0 Å². The van der Waals surface area contributed by atoms with E-state index in [1.165, 1.54) is 0 Å². The van der Waals surface area contributed by atoms with Gasteiger partial charge < -0.3 is 32.8 Å². The number of nitrogens with one attached hydrogen (secondary N) is 4. The molecular formula is C17H20FN7O2. The third-order valence-electron chi connectivity index (χ3n) is 3.70. The maximum atomic E-state index is 14.3. The van der Waals surface area contributed by atoms with Crippen molar-refractivity contribution in [3.8, 4) is 0 Å². The Morgan fingerprint density at radius 3 is 2.63 bits per heavy atom. The van der Waals surface area contributed by atoms with Crippen LogP contribution in [0, 0.1) is 11.2 Å². The quantitative estimate of drug-likeness (QED) is 0.372. The van der Waals surface area contributed by atoms with Crippen LogP contribution in [-0.4, -0.2) is 29.1 Å². The van der Waals surface area contributed by atoms with Crippen LogP contribution in [0.2, 0.25) is 0 Å². The zero-order valence-electron chi connectivity index (χ0n) is 14.5. The highest BCUT2D eigenvalue weighted by Crippen LogP contribution is 2.23. The molecule has 0 spiro atoms. The molecule has 2 heterocycles. The third kappa shape index (κ3) is 4.69. The second-order valence-corrected chi connectivity index (χ2v) is 5.55. The molecule has 27 heavy (non-hydrogen) atoms. The van der Waals surface area contributed by atoms with E-state index in [0.29, 0.717) is 12.1 Å². The lowest BCUT2D eigenvalue weighted by Gasteiger charge is -2.18. The van der Waals surface area contributed by atoms with Crippen molar-refractivity contribution in [2.45, 2.75) is 19.4 Å². The number of primary amides is 2. The monoisotopic (exact) mass is 373 g/mol. The zero-order chi connectivity index (χ0) is 20.0. The van der Waals surface area contributed by atoms with Gasteiger partial charge in [0.05, 0.1) is 17.0 Å². The molecule has 0 aromatic carbocycles. The van der Waals surface area contributed by atoms with Gasteiger partial charge in [-0.25, -0.2) is 9.37 Å². The summed E-state index contributed by atoms with van der Waals surface area (Å²) in [5.41, 5.74) is 11.2. The first kappa shape index (κ1) is 19.6. The van der Waals surface area contributed by atoms with Crippen LogP contribution >= 0.6 is 0 Å². The number of amides is 2. The molecule has 142 valence electrons. The summed E-state index contributed by atoms with van der Waals surface area (Å²) in [6.45, 7) is 1.70. The van der Waals surface area contributed by atoms with E-state index in [2.05, 4.69) is 20.9 Å². The van der Waals surface area contributed by atoms with Gasteiger partial charge in [0.2, 0.25) is 5.91 Å². The molecule has 0 saturated carbocycles. The van der Waals surface area contributed by atoms with Gasteiger partial charge in [-0.15, -0.1) is 0 Å². The van der Waals surface area contributed by atoms with Crippen LogP contribution in [0.3, 0.4) is 0 Å². The van der Waals surface area contributed by atoms with Gasteiger partial charge in [0.25, 0.3) is 5.91 Å². The number of hydrogen-bond donors (Lipinski definition) is 6. The Labute approximate surface area is 154 Å². The summed E-state index contributed by atoms with van der Waals surface area (Å²) < 4.78 is 14.3. The molecule has 0 saturated heterocycles. The van der Waals surface area contributed by atoms with Crippen LogP contribution < -0.4 is 27.4 Å². The first-order valence-electron chi connectivity index (χ1n) is 8.05. The number of nitrogens with zero attached hydrogens (tertiary/aromatic N) is 1. The number of allylic oxidation sites excluding steroid dienone is 4. The SMILES string of the molecule is CC[C@@H](Nc1nc(N/C(C=N)=C2\C=CC=CN2)c(C(N)=O)cc1F)C(N)=O. The van der Waals surface area contributed by atoms with Crippen molar-refractivity contribution in [3.05, 3.63) is 53.3 Å². The molecule has 2 rings (SSSR count). The number of nitrogens with two attached hydrogens (primary N) is 2. The number of halogens is 1. The fraction of sp³-hybridized carbons (Fsp3) is 0.176. The molecule has 2 amide bonds. The van der Waals surface area contributed by atoms with Crippen LogP contribution in [0.15, 0.2) is 41.9 Å². The summed E-state index contributed by atoms with van der Waals surface area (Å²) in [6, 6.07) is 0.0668. The summed E-state index contributed by atoms with van der Waals surface area (Å²) in [6.07, 6.45) is 8.17. The van der Waals surface area contributed by atoms with E-state index in [0.717, 1.165) is 12.3 Å². The molecule has 1 aliphatic rings. The van der Waals surface area contributed by atoms with E-state index >= 15 is 0 Å². The highest BCUT2D eigenvalue weighted by molar-refractivity contribution is 5.99. The van der Waals surface area contributed by atoms with Crippen LogP contribution in [0.5, 0.6) is 0 Å². The van der Waals surface area contributed by atoms with Crippen molar-refractivity contribution in [1.82, 2.24) is 10.3 Å². The Morgan fingerprint density at radius 1 is 1.37 bits per heavy atom. The van der Waals surface area contributed by atoms with E-state index in [9.17, 15) is 14.0 Å². The Hall–Kier alpha value is -3.69. The van der Waals surface area contributed by atoms with Crippen molar-refractivity contribution in [2.24, 2.45) is 11.5 Å². The number of dihydropyridines is 1. The Morgan fingerprint density at radius 2 is 2.11 bits per heavy atom. The molecule has 0 unspecified atom stereocenters. The average Bonchev–Trinajstić information content (AvgIpc) is 2.65. The van der Waals surface area contributed by atoms with E-state index < -0.39 is 23.7 Å². The van der Waals surface area contributed by atoms with Gasteiger partial charge in [0.15, 0.2) is 11.6 Å². The summed E-state index contributed by atoms with van der Waals surface area (Å²) >= 11 is 0. The minimum atomic E-state index is -0.904. The zero-order valence-corrected chi connectivity index (χ0v) is 14.5. The fourth-order valence-electron chi connectivity index (χ4n) is 2.28. The molecular weight excluding hydrogens is 353 g/mol. The molecule has 8 N–H and O–H groups in total. The standard InChI is InChI=1S/C17H20FN7O2/c1-2-11(15(21)27)23-17-10(18)7-9(14(20)26)16(25-17)24-13(8-19)12-5-3-4-6-22-12/h3-8,11,19,22H,2H2,1H3,(H2,20,26)(H2,21,27)(H2,23,24,25)/b13-12+,19-8?/t11-/m1/s1. The minimum absolute atomic E-state index is 0.0681. The first-order valence-corrected chi connectivity index (χ1v) is 8.05.